The highest BCUT2D eigenvalue weighted by molar-refractivity contribution is 5.53. The van der Waals surface area contributed by atoms with Crippen molar-refractivity contribution in [2.24, 2.45) is 5.73 Å². The molecule has 0 aliphatic heterocycles. The number of benzene rings is 1. The Morgan fingerprint density at radius 2 is 1.57 bits per heavy atom. The van der Waals surface area contributed by atoms with E-state index in [4.69, 9.17) is 29.4 Å². The van der Waals surface area contributed by atoms with Crippen LogP contribution in [0.1, 0.15) is 12.0 Å². The van der Waals surface area contributed by atoms with E-state index in [-0.39, 0.29) is 0 Å². The lowest BCUT2D eigenvalue weighted by atomic mass is 10.2. The van der Waals surface area contributed by atoms with E-state index in [1.165, 1.54) is 0 Å². The SMILES string of the molecule is COCCOCCCOc1c(OC)cc(CN)cc1OC. The van der Waals surface area contributed by atoms with E-state index in [9.17, 15) is 0 Å². The molecule has 21 heavy (non-hydrogen) atoms. The molecule has 0 spiro atoms. The van der Waals surface area contributed by atoms with Crippen molar-refractivity contribution in [1.29, 1.82) is 0 Å². The number of ether oxygens (including phenoxy) is 5. The lowest BCUT2D eigenvalue weighted by Gasteiger charge is -2.15. The summed E-state index contributed by atoms with van der Waals surface area (Å²) in [6.07, 6.45) is 0.772. The van der Waals surface area contributed by atoms with Crippen molar-refractivity contribution >= 4 is 0 Å². The third-order valence-electron chi connectivity index (χ3n) is 2.87. The van der Waals surface area contributed by atoms with Gasteiger partial charge in [0.25, 0.3) is 0 Å². The number of hydrogen-bond acceptors (Lipinski definition) is 6. The second-order valence-electron chi connectivity index (χ2n) is 4.34. The van der Waals surface area contributed by atoms with E-state index < -0.39 is 0 Å². The summed E-state index contributed by atoms with van der Waals surface area (Å²) in [4.78, 5) is 0. The molecule has 0 heterocycles. The Morgan fingerprint density at radius 3 is 2.10 bits per heavy atom. The molecule has 1 aromatic carbocycles. The van der Waals surface area contributed by atoms with Crippen LogP contribution in [0.5, 0.6) is 17.2 Å². The average molecular weight is 299 g/mol. The maximum Gasteiger partial charge on any atom is 0.203 e. The van der Waals surface area contributed by atoms with E-state index in [0.717, 1.165) is 12.0 Å². The highest BCUT2D eigenvalue weighted by atomic mass is 16.5. The zero-order valence-corrected chi connectivity index (χ0v) is 13.0. The quantitative estimate of drug-likeness (QED) is 0.626. The van der Waals surface area contributed by atoms with Crippen molar-refractivity contribution < 1.29 is 23.7 Å². The van der Waals surface area contributed by atoms with Crippen LogP contribution in [0, 0.1) is 0 Å². The molecule has 0 amide bonds. The summed E-state index contributed by atoms with van der Waals surface area (Å²) in [7, 11) is 4.83. The maximum absolute atomic E-state index is 5.75. The molecule has 0 bridgehead atoms. The molecule has 0 unspecified atom stereocenters. The second kappa shape index (κ2) is 10.3. The highest BCUT2D eigenvalue weighted by Gasteiger charge is 2.13. The summed E-state index contributed by atoms with van der Waals surface area (Å²) >= 11 is 0. The van der Waals surface area contributed by atoms with Gasteiger partial charge < -0.3 is 29.4 Å². The van der Waals surface area contributed by atoms with Crippen LogP contribution in [0.3, 0.4) is 0 Å². The molecule has 2 N–H and O–H groups in total. The monoisotopic (exact) mass is 299 g/mol. The molecule has 6 heteroatoms. The van der Waals surface area contributed by atoms with Crippen LogP contribution in [-0.4, -0.2) is 47.8 Å². The van der Waals surface area contributed by atoms with Crippen molar-refractivity contribution in [1.82, 2.24) is 0 Å². The Kier molecular flexibility index (Phi) is 8.57. The fraction of sp³-hybridized carbons (Fsp3) is 0.600. The molecular formula is C15H25NO5. The molecule has 1 aromatic rings. The zero-order chi connectivity index (χ0) is 15.5. The van der Waals surface area contributed by atoms with Gasteiger partial charge in [-0.15, -0.1) is 0 Å². The Balaban J connectivity index is 2.53. The predicted molar refractivity (Wildman–Crippen MR) is 80.2 cm³/mol. The molecule has 0 aliphatic rings. The molecule has 0 atom stereocenters. The topological polar surface area (TPSA) is 72.2 Å². The summed E-state index contributed by atoms with van der Waals surface area (Å²) in [5.41, 5.74) is 6.58. The number of rotatable bonds is 11. The molecule has 0 aliphatic carbocycles. The van der Waals surface area contributed by atoms with E-state index in [1.54, 1.807) is 21.3 Å². The van der Waals surface area contributed by atoms with Crippen LogP contribution in [-0.2, 0) is 16.0 Å². The minimum Gasteiger partial charge on any atom is -0.493 e. The smallest absolute Gasteiger partial charge is 0.203 e. The van der Waals surface area contributed by atoms with E-state index >= 15 is 0 Å². The summed E-state index contributed by atoms with van der Waals surface area (Å²) in [5.74, 6) is 1.83. The summed E-state index contributed by atoms with van der Waals surface area (Å²) in [5, 5.41) is 0. The summed E-state index contributed by atoms with van der Waals surface area (Å²) in [6.45, 7) is 2.74. The highest BCUT2D eigenvalue weighted by Crippen LogP contribution is 2.38. The Hall–Kier alpha value is -1.50. The second-order valence-corrected chi connectivity index (χ2v) is 4.34. The van der Waals surface area contributed by atoms with E-state index in [2.05, 4.69) is 0 Å². The predicted octanol–water partition coefficient (Wildman–Crippen LogP) is 1.59. The minimum atomic E-state index is 0.417. The van der Waals surface area contributed by atoms with Gasteiger partial charge in [0.05, 0.1) is 34.0 Å². The summed E-state index contributed by atoms with van der Waals surface area (Å²) in [6, 6.07) is 3.71. The van der Waals surface area contributed by atoms with Gasteiger partial charge in [-0.1, -0.05) is 0 Å². The van der Waals surface area contributed by atoms with Crippen molar-refractivity contribution in [2.75, 3.05) is 47.8 Å². The lowest BCUT2D eigenvalue weighted by molar-refractivity contribution is 0.0641. The first-order valence-electron chi connectivity index (χ1n) is 6.91. The number of nitrogens with two attached hydrogens (primary N) is 1. The third kappa shape index (κ3) is 5.79. The van der Waals surface area contributed by atoms with Gasteiger partial charge in [0, 0.05) is 26.7 Å². The lowest BCUT2D eigenvalue weighted by Crippen LogP contribution is -2.08. The molecule has 0 fully saturated rings. The van der Waals surface area contributed by atoms with Gasteiger partial charge in [0.15, 0.2) is 11.5 Å². The van der Waals surface area contributed by atoms with Crippen molar-refractivity contribution in [3.63, 3.8) is 0 Å². The fourth-order valence-electron chi connectivity index (χ4n) is 1.77. The Bertz CT molecular complexity index is 386. The minimum absolute atomic E-state index is 0.417. The maximum atomic E-state index is 5.75. The largest absolute Gasteiger partial charge is 0.493 e. The van der Waals surface area contributed by atoms with Crippen molar-refractivity contribution in [3.05, 3.63) is 17.7 Å². The zero-order valence-electron chi connectivity index (χ0n) is 13.0. The van der Waals surface area contributed by atoms with Crippen molar-refractivity contribution in [2.45, 2.75) is 13.0 Å². The van der Waals surface area contributed by atoms with Gasteiger partial charge in [0.1, 0.15) is 0 Å². The van der Waals surface area contributed by atoms with E-state index in [0.29, 0.717) is 50.2 Å². The molecule has 0 aromatic heterocycles. The summed E-state index contributed by atoms with van der Waals surface area (Å²) < 4.78 is 26.7. The number of hydrogen-bond donors (Lipinski definition) is 1. The molecule has 0 saturated heterocycles. The first-order valence-corrected chi connectivity index (χ1v) is 6.91. The fourth-order valence-corrected chi connectivity index (χ4v) is 1.77. The molecule has 0 saturated carbocycles. The van der Waals surface area contributed by atoms with Crippen LogP contribution in [0.4, 0.5) is 0 Å². The molecule has 0 radical (unpaired) electrons. The normalized spacial score (nSPS) is 10.5. The van der Waals surface area contributed by atoms with Gasteiger partial charge in [-0.25, -0.2) is 0 Å². The van der Waals surface area contributed by atoms with Crippen LogP contribution in [0.15, 0.2) is 12.1 Å². The Labute approximate surface area is 126 Å². The standard InChI is InChI=1S/C15H25NO5/c1-17-7-8-20-5-4-6-21-15-13(18-2)9-12(11-16)10-14(15)19-3/h9-10H,4-8,11,16H2,1-3H3. The number of methoxy groups -OCH3 is 3. The Morgan fingerprint density at radius 1 is 0.905 bits per heavy atom. The molecule has 1 rings (SSSR count). The van der Waals surface area contributed by atoms with Gasteiger partial charge in [0.2, 0.25) is 5.75 Å². The first-order chi connectivity index (χ1) is 10.3. The van der Waals surface area contributed by atoms with Gasteiger partial charge in [-0.2, -0.15) is 0 Å². The van der Waals surface area contributed by atoms with Gasteiger partial charge in [-0.05, 0) is 17.7 Å². The van der Waals surface area contributed by atoms with Gasteiger partial charge in [-0.3, -0.25) is 0 Å². The van der Waals surface area contributed by atoms with Crippen molar-refractivity contribution in [3.8, 4) is 17.2 Å². The molecule has 6 nitrogen and oxygen atoms in total. The van der Waals surface area contributed by atoms with Crippen LogP contribution < -0.4 is 19.9 Å². The van der Waals surface area contributed by atoms with E-state index in [1.807, 2.05) is 12.1 Å². The third-order valence-corrected chi connectivity index (χ3v) is 2.87. The van der Waals surface area contributed by atoms with Crippen LogP contribution in [0.25, 0.3) is 0 Å². The van der Waals surface area contributed by atoms with Crippen LogP contribution >= 0.6 is 0 Å². The molecular weight excluding hydrogens is 274 g/mol. The van der Waals surface area contributed by atoms with Crippen LogP contribution in [0.2, 0.25) is 0 Å². The van der Waals surface area contributed by atoms with Gasteiger partial charge >= 0.3 is 0 Å². The average Bonchev–Trinajstić information content (AvgIpc) is 2.53. The first kappa shape index (κ1) is 17.6. The molecule has 120 valence electrons.